The van der Waals surface area contributed by atoms with Crippen LogP contribution in [0, 0.1) is 0 Å². The summed E-state index contributed by atoms with van der Waals surface area (Å²) >= 11 is 6.07. The molecule has 1 spiro atoms. The molecule has 25 heavy (non-hydrogen) atoms. The quantitative estimate of drug-likeness (QED) is 0.920. The summed E-state index contributed by atoms with van der Waals surface area (Å²) < 4.78 is 0. The molecule has 2 aromatic rings. The van der Waals surface area contributed by atoms with Crippen molar-refractivity contribution in [2.45, 2.75) is 25.0 Å². The summed E-state index contributed by atoms with van der Waals surface area (Å²) in [6.45, 7) is 2.68. The zero-order chi connectivity index (χ0) is 17.3. The van der Waals surface area contributed by atoms with Gasteiger partial charge in [0.05, 0.1) is 0 Å². The van der Waals surface area contributed by atoms with Gasteiger partial charge in [-0.05, 0) is 17.7 Å². The Morgan fingerprint density at radius 2 is 1.84 bits per heavy atom. The van der Waals surface area contributed by atoms with E-state index in [9.17, 15) is 4.79 Å². The molecule has 1 fully saturated rings. The van der Waals surface area contributed by atoms with Crippen LogP contribution in [-0.2, 0) is 11.3 Å². The molecule has 0 radical (unpaired) electrons. The minimum atomic E-state index is -0.437. The normalized spacial score (nSPS) is 19.7. The zero-order valence-corrected chi connectivity index (χ0v) is 14.7. The van der Waals surface area contributed by atoms with Crippen molar-refractivity contribution in [3.05, 3.63) is 70.7 Å². The van der Waals surface area contributed by atoms with Crippen LogP contribution in [0.1, 0.15) is 24.0 Å². The number of nitrogens with one attached hydrogen (secondary N) is 1. The molecule has 1 amide bonds. The molecule has 2 aliphatic rings. The third kappa shape index (κ3) is 3.46. The van der Waals surface area contributed by atoms with Gasteiger partial charge in [-0.2, -0.15) is 0 Å². The zero-order valence-electron chi connectivity index (χ0n) is 13.9. The summed E-state index contributed by atoms with van der Waals surface area (Å²) in [4.78, 5) is 19.6. The molecule has 0 saturated carbocycles. The molecule has 4 rings (SSSR count). The number of benzene rings is 2. The lowest BCUT2D eigenvalue weighted by atomic mass is 9.97. The van der Waals surface area contributed by atoms with Crippen molar-refractivity contribution >= 4 is 23.2 Å². The molecule has 0 aromatic heterocycles. The first kappa shape index (κ1) is 16.3. The van der Waals surface area contributed by atoms with Gasteiger partial charge in [-0.15, -0.1) is 0 Å². The number of piperidine rings is 1. The maximum Gasteiger partial charge on any atom is 0.272 e. The third-order valence-corrected chi connectivity index (χ3v) is 5.15. The Hall–Kier alpha value is -2.17. The largest absolute Gasteiger partial charge is 0.326 e. The molecule has 0 aliphatic carbocycles. The van der Waals surface area contributed by atoms with Gasteiger partial charge in [-0.1, -0.05) is 54.1 Å². The molecule has 2 heterocycles. The van der Waals surface area contributed by atoms with Gasteiger partial charge in [0.25, 0.3) is 5.91 Å². The Morgan fingerprint density at radius 3 is 2.56 bits per heavy atom. The average Bonchev–Trinajstić information content (AvgIpc) is 2.94. The molecule has 1 N–H and O–H groups in total. The van der Waals surface area contributed by atoms with Crippen LogP contribution in [0.3, 0.4) is 0 Å². The molecular weight excluding hydrogens is 334 g/mol. The molecular formula is C20H20ClN3O. The number of carbonyl (C=O) groups excluding carboxylic acids is 1. The first-order valence-electron chi connectivity index (χ1n) is 8.58. The van der Waals surface area contributed by atoms with Crippen LogP contribution in [0.2, 0.25) is 5.02 Å². The first-order valence-corrected chi connectivity index (χ1v) is 8.96. The van der Waals surface area contributed by atoms with Crippen molar-refractivity contribution in [3.8, 4) is 0 Å². The first-order chi connectivity index (χ1) is 12.1. The van der Waals surface area contributed by atoms with E-state index in [1.807, 2.05) is 48.5 Å². The highest BCUT2D eigenvalue weighted by atomic mass is 35.5. The van der Waals surface area contributed by atoms with E-state index in [0.717, 1.165) is 43.1 Å². The Kier molecular flexibility index (Phi) is 4.32. The van der Waals surface area contributed by atoms with Gasteiger partial charge < -0.3 is 5.32 Å². The highest BCUT2D eigenvalue weighted by Gasteiger charge is 2.41. The Bertz CT molecular complexity index is 811. The minimum absolute atomic E-state index is 0.0607. The average molecular weight is 354 g/mol. The van der Waals surface area contributed by atoms with E-state index >= 15 is 0 Å². The van der Waals surface area contributed by atoms with Crippen LogP contribution in [0.15, 0.2) is 59.6 Å². The molecule has 2 aliphatic heterocycles. The second-order valence-electron chi connectivity index (χ2n) is 6.72. The lowest BCUT2D eigenvalue weighted by molar-refractivity contribution is -0.115. The monoisotopic (exact) mass is 353 g/mol. The van der Waals surface area contributed by atoms with E-state index in [0.29, 0.717) is 5.71 Å². The van der Waals surface area contributed by atoms with Crippen LogP contribution in [0.5, 0.6) is 0 Å². The Labute approximate surface area is 152 Å². The van der Waals surface area contributed by atoms with Gasteiger partial charge >= 0.3 is 0 Å². The maximum absolute atomic E-state index is 12.4. The van der Waals surface area contributed by atoms with Crippen LogP contribution in [0.4, 0.5) is 0 Å². The number of hydrogen-bond donors (Lipinski definition) is 1. The number of likely N-dealkylation sites (tertiary alicyclic amines) is 1. The van der Waals surface area contributed by atoms with E-state index in [-0.39, 0.29) is 5.91 Å². The summed E-state index contributed by atoms with van der Waals surface area (Å²) in [7, 11) is 0. The summed E-state index contributed by atoms with van der Waals surface area (Å²) in [6, 6.07) is 17.7. The second-order valence-corrected chi connectivity index (χ2v) is 7.15. The van der Waals surface area contributed by atoms with E-state index in [4.69, 9.17) is 16.6 Å². The summed E-state index contributed by atoms with van der Waals surface area (Å²) in [6.07, 6.45) is 1.66. The predicted molar refractivity (Wildman–Crippen MR) is 99.8 cm³/mol. The number of amides is 1. The van der Waals surface area contributed by atoms with Gasteiger partial charge in [0.15, 0.2) is 0 Å². The fraction of sp³-hybridized carbons (Fsp3) is 0.300. The molecule has 4 nitrogen and oxygen atoms in total. The van der Waals surface area contributed by atoms with Crippen molar-refractivity contribution in [2.75, 3.05) is 13.1 Å². The number of hydrogen-bond acceptors (Lipinski definition) is 3. The number of halogens is 1. The molecule has 2 aromatic carbocycles. The van der Waals surface area contributed by atoms with E-state index < -0.39 is 5.66 Å². The van der Waals surface area contributed by atoms with Crippen molar-refractivity contribution in [3.63, 3.8) is 0 Å². The van der Waals surface area contributed by atoms with Crippen LogP contribution >= 0.6 is 11.6 Å². The number of carbonyl (C=O) groups is 1. The van der Waals surface area contributed by atoms with E-state index in [2.05, 4.69) is 16.3 Å². The standard InChI is InChI=1S/C20H20ClN3O/c21-17-8-4-5-15(13-17)14-24-11-9-20(10-12-24)22-18(19(25)23-20)16-6-2-1-3-7-16/h1-8,13H,9-12,14H2,(H,23,25). The van der Waals surface area contributed by atoms with Crippen LogP contribution < -0.4 is 5.32 Å². The van der Waals surface area contributed by atoms with E-state index in [1.54, 1.807) is 0 Å². The van der Waals surface area contributed by atoms with Crippen LogP contribution in [0.25, 0.3) is 0 Å². The van der Waals surface area contributed by atoms with Gasteiger partial charge in [0, 0.05) is 43.1 Å². The predicted octanol–water partition coefficient (Wildman–Crippen LogP) is 3.25. The minimum Gasteiger partial charge on any atom is -0.326 e. The lowest BCUT2D eigenvalue weighted by Crippen LogP contribution is -2.50. The molecule has 0 atom stereocenters. The summed E-state index contributed by atoms with van der Waals surface area (Å²) in [5.41, 5.74) is 2.22. The van der Waals surface area contributed by atoms with E-state index in [1.165, 1.54) is 5.56 Å². The van der Waals surface area contributed by atoms with Crippen molar-refractivity contribution in [2.24, 2.45) is 4.99 Å². The summed E-state index contributed by atoms with van der Waals surface area (Å²) in [5, 5.41) is 3.89. The molecule has 128 valence electrons. The lowest BCUT2D eigenvalue weighted by Gasteiger charge is -2.37. The van der Waals surface area contributed by atoms with Crippen molar-refractivity contribution in [1.82, 2.24) is 10.2 Å². The van der Waals surface area contributed by atoms with Gasteiger partial charge in [-0.3, -0.25) is 14.7 Å². The van der Waals surface area contributed by atoms with Crippen molar-refractivity contribution in [1.29, 1.82) is 0 Å². The van der Waals surface area contributed by atoms with Gasteiger partial charge in [-0.25, -0.2) is 0 Å². The maximum atomic E-state index is 12.4. The van der Waals surface area contributed by atoms with Gasteiger partial charge in [0.1, 0.15) is 11.4 Å². The summed E-state index contributed by atoms with van der Waals surface area (Å²) in [5.74, 6) is -0.0607. The topological polar surface area (TPSA) is 44.7 Å². The molecule has 0 bridgehead atoms. The third-order valence-electron chi connectivity index (χ3n) is 4.91. The highest BCUT2D eigenvalue weighted by Crippen LogP contribution is 2.29. The van der Waals surface area contributed by atoms with Crippen LogP contribution in [-0.4, -0.2) is 35.3 Å². The van der Waals surface area contributed by atoms with Gasteiger partial charge in [0.2, 0.25) is 0 Å². The fourth-order valence-corrected chi connectivity index (χ4v) is 3.78. The molecule has 1 saturated heterocycles. The van der Waals surface area contributed by atoms with Crippen molar-refractivity contribution < 1.29 is 4.79 Å². The number of rotatable bonds is 3. The SMILES string of the molecule is O=C1NC2(CCN(Cc3cccc(Cl)c3)CC2)N=C1c1ccccc1. The number of aliphatic imine (C=N–C) groups is 1. The number of nitrogens with zero attached hydrogens (tertiary/aromatic N) is 2. The molecule has 5 heteroatoms. The molecule has 0 unspecified atom stereocenters. The Morgan fingerprint density at radius 1 is 1.08 bits per heavy atom. The smallest absolute Gasteiger partial charge is 0.272 e. The highest BCUT2D eigenvalue weighted by molar-refractivity contribution is 6.46. The fourth-order valence-electron chi connectivity index (χ4n) is 3.57. The Balaban J connectivity index is 1.44. The second kappa shape index (κ2) is 6.62.